The van der Waals surface area contributed by atoms with Crippen molar-refractivity contribution < 1.29 is 23.8 Å². The molecule has 1 amide bonds. The van der Waals surface area contributed by atoms with Gasteiger partial charge in [0.1, 0.15) is 5.82 Å². The van der Waals surface area contributed by atoms with E-state index in [1.807, 2.05) is 0 Å². The van der Waals surface area contributed by atoms with Gasteiger partial charge in [-0.15, -0.1) is 0 Å². The lowest BCUT2D eigenvalue weighted by atomic mass is 10.2. The fourth-order valence-electron chi connectivity index (χ4n) is 2.43. The van der Waals surface area contributed by atoms with E-state index in [-0.39, 0.29) is 25.0 Å². The first-order valence-corrected chi connectivity index (χ1v) is 7.61. The average molecular weight is 321 g/mol. The lowest BCUT2D eigenvalue weighted by Crippen LogP contribution is -2.37. The van der Waals surface area contributed by atoms with Crippen molar-refractivity contribution in [1.82, 2.24) is 4.90 Å². The molecule has 23 heavy (non-hydrogen) atoms. The fraction of sp³-hybridized carbons (Fsp3) is 0.412. The van der Waals surface area contributed by atoms with Gasteiger partial charge in [-0.3, -0.25) is 9.59 Å². The molecule has 1 fully saturated rings. The SMILES string of the molecule is O=C(O)CCN(CC1CCCO1)C(=O)/C=C/c1ccccc1F. The number of carbonyl (C=O) groups is 2. The largest absolute Gasteiger partial charge is 0.481 e. The number of carboxylic acid groups (broad SMARTS) is 1. The van der Waals surface area contributed by atoms with Crippen LogP contribution in [-0.2, 0) is 14.3 Å². The number of nitrogens with zero attached hydrogens (tertiary/aromatic N) is 1. The van der Waals surface area contributed by atoms with Gasteiger partial charge < -0.3 is 14.7 Å². The van der Waals surface area contributed by atoms with Gasteiger partial charge in [0.25, 0.3) is 0 Å². The first-order chi connectivity index (χ1) is 11.1. The Kier molecular flexibility index (Phi) is 6.29. The van der Waals surface area contributed by atoms with Crippen LogP contribution in [0, 0.1) is 5.82 Å². The maximum Gasteiger partial charge on any atom is 0.305 e. The molecular weight excluding hydrogens is 301 g/mol. The highest BCUT2D eigenvalue weighted by Gasteiger charge is 2.22. The summed E-state index contributed by atoms with van der Waals surface area (Å²) >= 11 is 0. The van der Waals surface area contributed by atoms with E-state index in [9.17, 15) is 14.0 Å². The van der Waals surface area contributed by atoms with Crippen LogP contribution >= 0.6 is 0 Å². The topological polar surface area (TPSA) is 66.8 Å². The number of hydrogen-bond donors (Lipinski definition) is 1. The van der Waals surface area contributed by atoms with Crippen LogP contribution in [0.2, 0.25) is 0 Å². The molecule has 1 aromatic carbocycles. The highest BCUT2D eigenvalue weighted by atomic mass is 19.1. The Morgan fingerprint density at radius 3 is 2.83 bits per heavy atom. The van der Waals surface area contributed by atoms with Crippen LogP contribution < -0.4 is 0 Å². The van der Waals surface area contributed by atoms with Gasteiger partial charge in [-0.05, 0) is 25.0 Å². The molecule has 0 aliphatic carbocycles. The molecule has 1 heterocycles. The summed E-state index contributed by atoms with van der Waals surface area (Å²) in [6.45, 7) is 1.13. The van der Waals surface area contributed by atoms with E-state index in [2.05, 4.69) is 0 Å². The minimum Gasteiger partial charge on any atom is -0.481 e. The fourth-order valence-corrected chi connectivity index (χ4v) is 2.43. The lowest BCUT2D eigenvalue weighted by Gasteiger charge is -2.23. The van der Waals surface area contributed by atoms with Crippen molar-refractivity contribution in [2.75, 3.05) is 19.7 Å². The van der Waals surface area contributed by atoms with E-state index < -0.39 is 11.8 Å². The minimum atomic E-state index is -0.965. The van der Waals surface area contributed by atoms with Crippen molar-refractivity contribution in [3.8, 4) is 0 Å². The summed E-state index contributed by atoms with van der Waals surface area (Å²) in [5.74, 6) is -1.72. The Hall–Kier alpha value is -2.21. The monoisotopic (exact) mass is 321 g/mol. The van der Waals surface area contributed by atoms with E-state index in [1.165, 1.54) is 23.1 Å². The molecule has 0 spiro atoms. The second-order valence-corrected chi connectivity index (χ2v) is 5.42. The second-order valence-electron chi connectivity index (χ2n) is 5.42. The number of carbonyl (C=O) groups excluding carboxylic acids is 1. The van der Waals surface area contributed by atoms with Crippen molar-refractivity contribution in [3.05, 3.63) is 41.7 Å². The Morgan fingerprint density at radius 2 is 2.17 bits per heavy atom. The van der Waals surface area contributed by atoms with Crippen LogP contribution in [0.4, 0.5) is 4.39 Å². The van der Waals surface area contributed by atoms with E-state index >= 15 is 0 Å². The summed E-state index contributed by atoms with van der Waals surface area (Å²) in [5, 5.41) is 8.81. The Balaban J connectivity index is 2.02. The van der Waals surface area contributed by atoms with E-state index in [0.717, 1.165) is 12.8 Å². The van der Waals surface area contributed by atoms with E-state index in [4.69, 9.17) is 9.84 Å². The number of amides is 1. The third-order valence-corrected chi connectivity index (χ3v) is 3.67. The van der Waals surface area contributed by atoms with Crippen molar-refractivity contribution in [1.29, 1.82) is 0 Å². The summed E-state index contributed by atoms with van der Waals surface area (Å²) in [4.78, 5) is 24.5. The highest BCUT2D eigenvalue weighted by Crippen LogP contribution is 2.14. The van der Waals surface area contributed by atoms with E-state index in [1.54, 1.807) is 18.2 Å². The molecule has 0 bridgehead atoms. The summed E-state index contributed by atoms with van der Waals surface area (Å²) < 4.78 is 19.0. The number of ether oxygens (including phenoxy) is 1. The molecule has 1 aromatic rings. The van der Waals surface area contributed by atoms with Crippen molar-refractivity contribution in [2.45, 2.75) is 25.4 Å². The molecule has 5 nitrogen and oxygen atoms in total. The highest BCUT2D eigenvalue weighted by molar-refractivity contribution is 5.92. The zero-order chi connectivity index (χ0) is 16.7. The van der Waals surface area contributed by atoms with Gasteiger partial charge in [0.2, 0.25) is 5.91 Å². The average Bonchev–Trinajstić information content (AvgIpc) is 3.03. The van der Waals surface area contributed by atoms with Crippen molar-refractivity contribution in [2.24, 2.45) is 0 Å². The molecule has 1 aliphatic heterocycles. The second kappa shape index (κ2) is 8.43. The summed E-state index contributed by atoms with van der Waals surface area (Å²) in [5.41, 5.74) is 0.316. The Morgan fingerprint density at radius 1 is 1.39 bits per heavy atom. The zero-order valence-electron chi connectivity index (χ0n) is 12.8. The molecule has 1 atom stereocenters. The van der Waals surface area contributed by atoms with Gasteiger partial charge >= 0.3 is 5.97 Å². The molecule has 1 N–H and O–H groups in total. The summed E-state index contributed by atoms with van der Waals surface area (Å²) in [6, 6.07) is 6.15. The first-order valence-electron chi connectivity index (χ1n) is 7.61. The molecule has 1 aliphatic rings. The molecule has 2 rings (SSSR count). The lowest BCUT2D eigenvalue weighted by molar-refractivity contribution is -0.138. The van der Waals surface area contributed by atoms with Crippen molar-refractivity contribution in [3.63, 3.8) is 0 Å². The molecule has 0 radical (unpaired) electrons. The molecule has 6 heteroatoms. The molecule has 0 aromatic heterocycles. The van der Waals surface area contributed by atoms with Gasteiger partial charge in [0.05, 0.1) is 12.5 Å². The zero-order valence-corrected chi connectivity index (χ0v) is 12.8. The number of rotatable bonds is 7. The molecular formula is C17H20FNO4. The number of carboxylic acids is 1. The number of hydrogen-bond acceptors (Lipinski definition) is 3. The molecule has 0 saturated carbocycles. The van der Waals surface area contributed by atoms with Crippen LogP contribution in [0.25, 0.3) is 6.08 Å². The molecule has 124 valence electrons. The number of benzene rings is 1. The van der Waals surface area contributed by atoms with Crippen LogP contribution in [0.5, 0.6) is 0 Å². The van der Waals surface area contributed by atoms with E-state index in [0.29, 0.717) is 18.7 Å². The first kappa shape index (κ1) is 17.1. The Bertz CT molecular complexity index is 582. The smallest absolute Gasteiger partial charge is 0.305 e. The third-order valence-electron chi connectivity index (χ3n) is 3.67. The summed E-state index contributed by atoms with van der Waals surface area (Å²) in [6.07, 6.45) is 4.28. The minimum absolute atomic E-state index is 0.0605. The van der Waals surface area contributed by atoms with Gasteiger partial charge in [0, 0.05) is 31.3 Å². The molecule has 1 unspecified atom stereocenters. The standard InChI is InChI=1S/C17H20FNO4/c18-15-6-2-1-4-13(15)7-8-16(20)19(10-9-17(21)22)12-14-5-3-11-23-14/h1-2,4,6-8,14H,3,5,9-12H2,(H,21,22)/b8-7+. The predicted molar refractivity (Wildman–Crippen MR) is 83.2 cm³/mol. The Labute approximate surface area is 134 Å². The number of aliphatic carboxylic acids is 1. The predicted octanol–water partition coefficient (Wildman–Crippen LogP) is 2.32. The summed E-state index contributed by atoms with van der Waals surface area (Å²) in [7, 11) is 0. The van der Waals surface area contributed by atoms with Gasteiger partial charge in [-0.25, -0.2) is 4.39 Å². The van der Waals surface area contributed by atoms with Crippen LogP contribution in [0.3, 0.4) is 0 Å². The van der Waals surface area contributed by atoms with Crippen LogP contribution in [0.1, 0.15) is 24.8 Å². The third kappa shape index (κ3) is 5.49. The number of halogens is 1. The van der Waals surface area contributed by atoms with Gasteiger partial charge in [-0.2, -0.15) is 0 Å². The van der Waals surface area contributed by atoms with Gasteiger partial charge in [0.15, 0.2) is 0 Å². The van der Waals surface area contributed by atoms with Crippen LogP contribution in [0.15, 0.2) is 30.3 Å². The van der Waals surface area contributed by atoms with Crippen LogP contribution in [-0.4, -0.2) is 47.7 Å². The maximum atomic E-state index is 13.5. The maximum absolute atomic E-state index is 13.5. The van der Waals surface area contributed by atoms with Crippen molar-refractivity contribution >= 4 is 18.0 Å². The molecule has 1 saturated heterocycles. The van der Waals surface area contributed by atoms with Gasteiger partial charge in [-0.1, -0.05) is 18.2 Å². The quantitative estimate of drug-likeness (QED) is 0.783. The normalized spacial score (nSPS) is 17.5.